The van der Waals surface area contributed by atoms with Crippen LogP contribution >= 0.6 is 0 Å². The number of furan rings is 1. The van der Waals surface area contributed by atoms with Gasteiger partial charge in [0, 0.05) is 6.20 Å². The maximum Gasteiger partial charge on any atom is 0.291 e. The van der Waals surface area contributed by atoms with Crippen molar-refractivity contribution in [2.45, 2.75) is 6.54 Å². The second-order valence-electron chi connectivity index (χ2n) is 4.49. The molecular formula is C15H12FN3O2. The van der Waals surface area contributed by atoms with E-state index in [1.807, 2.05) is 6.07 Å². The van der Waals surface area contributed by atoms with Crippen molar-refractivity contribution in [3.63, 3.8) is 0 Å². The fourth-order valence-electron chi connectivity index (χ4n) is 1.94. The van der Waals surface area contributed by atoms with Crippen molar-refractivity contribution < 1.29 is 13.6 Å². The number of amides is 1. The molecule has 0 atom stereocenters. The third kappa shape index (κ3) is 3.17. The Morgan fingerprint density at radius 3 is 3.00 bits per heavy atom. The number of carbonyl (C=O) groups excluding carboxylic acids is 1. The Morgan fingerprint density at radius 1 is 1.33 bits per heavy atom. The van der Waals surface area contributed by atoms with Gasteiger partial charge >= 0.3 is 0 Å². The van der Waals surface area contributed by atoms with Crippen molar-refractivity contribution >= 4 is 11.6 Å². The third-order valence-electron chi connectivity index (χ3n) is 2.87. The molecule has 0 saturated carbocycles. The smallest absolute Gasteiger partial charge is 0.291 e. The van der Waals surface area contributed by atoms with Gasteiger partial charge < -0.3 is 9.73 Å². The first-order valence-electron chi connectivity index (χ1n) is 6.32. The molecule has 1 N–H and O–H groups in total. The lowest BCUT2D eigenvalue weighted by molar-refractivity contribution is 0.0996. The lowest BCUT2D eigenvalue weighted by atomic mass is 10.2. The minimum Gasteiger partial charge on any atom is -0.459 e. The van der Waals surface area contributed by atoms with Crippen LogP contribution < -0.4 is 5.32 Å². The first-order valence-corrected chi connectivity index (χ1v) is 6.32. The lowest BCUT2D eigenvalue weighted by Crippen LogP contribution is -2.10. The summed E-state index contributed by atoms with van der Waals surface area (Å²) < 4.78 is 19.7. The highest BCUT2D eigenvalue weighted by Gasteiger charge is 2.10. The van der Waals surface area contributed by atoms with Crippen LogP contribution in [0.4, 0.5) is 10.1 Å². The first kappa shape index (κ1) is 13.1. The summed E-state index contributed by atoms with van der Waals surface area (Å²) in [5, 5.41) is 6.80. The minimum absolute atomic E-state index is 0.230. The Balaban J connectivity index is 1.68. The normalized spacial score (nSPS) is 10.5. The van der Waals surface area contributed by atoms with Crippen LogP contribution in [0, 0.1) is 5.82 Å². The van der Waals surface area contributed by atoms with E-state index < -0.39 is 0 Å². The number of anilines is 1. The van der Waals surface area contributed by atoms with Crippen LogP contribution in [0.25, 0.3) is 0 Å². The summed E-state index contributed by atoms with van der Waals surface area (Å²) in [7, 11) is 0. The molecule has 0 bridgehead atoms. The highest BCUT2D eigenvalue weighted by Crippen LogP contribution is 2.11. The van der Waals surface area contributed by atoms with Crippen molar-refractivity contribution in [3.8, 4) is 0 Å². The molecule has 0 aliphatic heterocycles. The van der Waals surface area contributed by atoms with Gasteiger partial charge in [-0.2, -0.15) is 5.10 Å². The summed E-state index contributed by atoms with van der Waals surface area (Å²) in [6.07, 6.45) is 4.63. The molecule has 0 radical (unpaired) electrons. The monoisotopic (exact) mass is 285 g/mol. The second-order valence-corrected chi connectivity index (χ2v) is 4.49. The van der Waals surface area contributed by atoms with Crippen LogP contribution in [0.5, 0.6) is 0 Å². The van der Waals surface area contributed by atoms with Crippen molar-refractivity contribution in [2.24, 2.45) is 0 Å². The molecular weight excluding hydrogens is 273 g/mol. The lowest BCUT2D eigenvalue weighted by Gasteiger charge is -2.02. The van der Waals surface area contributed by atoms with Crippen LogP contribution in [0.3, 0.4) is 0 Å². The molecule has 5 nitrogen and oxygen atoms in total. The van der Waals surface area contributed by atoms with Crippen molar-refractivity contribution in [1.82, 2.24) is 9.78 Å². The summed E-state index contributed by atoms with van der Waals surface area (Å²) in [6, 6.07) is 9.51. The van der Waals surface area contributed by atoms with Crippen LogP contribution in [-0.2, 0) is 6.54 Å². The third-order valence-corrected chi connectivity index (χ3v) is 2.87. The largest absolute Gasteiger partial charge is 0.459 e. The Morgan fingerprint density at radius 2 is 2.24 bits per heavy atom. The van der Waals surface area contributed by atoms with E-state index in [0.717, 1.165) is 5.56 Å². The predicted molar refractivity (Wildman–Crippen MR) is 74.4 cm³/mol. The van der Waals surface area contributed by atoms with E-state index in [0.29, 0.717) is 12.2 Å². The SMILES string of the molecule is O=C(Nc1cnn(Cc2cccc(F)c2)c1)c1ccco1. The zero-order chi connectivity index (χ0) is 14.7. The molecule has 106 valence electrons. The van der Waals surface area contributed by atoms with E-state index in [1.54, 1.807) is 29.1 Å². The van der Waals surface area contributed by atoms with Crippen LogP contribution in [0.1, 0.15) is 16.1 Å². The molecule has 1 aromatic carbocycles. The number of hydrogen-bond donors (Lipinski definition) is 1. The zero-order valence-electron chi connectivity index (χ0n) is 11.0. The fourth-order valence-corrected chi connectivity index (χ4v) is 1.94. The maximum atomic E-state index is 13.1. The summed E-state index contributed by atoms with van der Waals surface area (Å²) >= 11 is 0. The van der Waals surface area contributed by atoms with Gasteiger partial charge in [-0.05, 0) is 29.8 Å². The van der Waals surface area contributed by atoms with E-state index in [-0.39, 0.29) is 17.5 Å². The number of halogens is 1. The highest BCUT2D eigenvalue weighted by atomic mass is 19.1. The van der Waals surface area contributed by atoms with Gasteiger partial charge in [0.05, 0.1) is 24.7 Å². The molecule has 21 heavy (non-hydrogen) atoms. The summed E-state index contributed by atoms with van der Waals surface area (Å²) in [5.41, 5.74) is 1.34. The van der Waals surface area contributed by atoms with Crippen LogP contribution in [-0.4, -0.2) is 15.7 Å². The Kier molecular flexibility index (Phi) is 3.51. The average molecular weight is 285 g/mol. The van der Waals surface area contributed by atoms with Gasteiger partial charge in [-0.25, -0.2) is 4.39 Å². The Hall–Kier alpha value is -2.89. The van der Waals surface area contributed by atoms with E-state index in [9.17, 15) is 9.18 Å². The number of benzene rings is 1. The summed E-state index contributed by atoms with van der Waals surface area (Å²) in [4.78, 5) is 11.8. The quantitative estimate of drug-likeness (QED) is 0.801. The van der Waals surface area contributed by atoms with E-state index in [2.05, 4.69) is 10.4 Å². The molecule has 6 heteroatoms. The number of nitrogens with zero attached hydrogens (tertiary/aromatic N) is 2. The predicted octanol–water partition coefficient (Wildman–Crippen LogP) is 2.92. The average Bonchev–Trinajstić information content (AvgIpc) is 3.10. The Labute approximate surface area is 120 Å². The maximum absolute atomic E-state index is 13.1. The van der Waals surface area contributed by atoms with Crippen LogP contribution in [0.15, 0.2) is 59.5 Å². The van der Waals surface area contributed by atoms with Crippen molar-refractivity contribution in [3.05, 3.63) is 72.2 Å². The van der Waals surface area contributed by atoms with Gasteiger partial charge in [0.1, 0.15) is 5.82 Å². The number of nitrogens with one attached hydrogen (secondary N) is 1. The molecule has 3 aromatic rings. The number of aromatic nitrogens is 2. The first-order chi connectivity index (χ1) is 10.2. The molecule has 0 unspecified atom stereocenters. The number of rotatable bonds is 4. The topological polar surface area (TPSA) is 60.1 Å². The second kappa shape index (κ2) is 5.62. The molecule has 0 saturated heterocycles. The summed E-state index contributed by atoms with van der Waals surface area (Å²) in [5.74, 6) is -0.399. The standard InChI is InChI=1S/C15H12FN3O2/c16-12-4-1-3-11(7-12)9-19-10-13(8-17-19)18-15(20)14-5-2-6-21-14/h1-8,10H,9H2,(H,18,20). The number of hydrogen-bond acceptors (Lipinski definition) is 3. The molecule has 3 rings (SSSR count). The van der Waals surface area contributed by atoms with E-state index in [1.165, 1.54) is 24.6 Å². The van der Waals surface area contributed by atoms with E-state index in [4.69, 9.17) is 4.42 Å². The molecule has 0 fully saturated rings. The molecule has 2 aromatic heterocycles. The van der Waals surface area contributed by atoms with Gasteiger partial charge in [-0.15, -0.1) is 0 Å². The number of carbonyl (C=O) groups is 1. The zero-order valence-corrected chi connectivity index (χ0v) is 11.0. The molecule has 2 heterocycles. The van der Waals surface area contributed by atoms with Gasteiger partial charge in [-0.3, -0.25) is 9.48 Å². The van der Waals surface area contributed by atoms with E-state index >= 15 is 0 Å². The molecule has 0 aliphatic rings. The Bertz CT molecular complexity index is 750. The van der Waals surface area contributed by atoms with Crippen molar-refractivity contribution in [1.29, 1.82) is 0 Å². The van der Waals surface area contributed by atoms with Gasteiger partial charge in [0.15, 0.2) is 5.76 Å². The van der Waals surface area contributed by atoms with Crippen molar-refractivity contribution in [2.75, 3.05) is 5.32 Å². The molecule has 0 aliphatic carbocycles. The van der Waals surface area contributed by atoms with Gasteiger partial charge in [0.25, 0.3) is 5.91 Å². The van der Waals surface area contributed by atoms with Gasteiger partial charge in [-0.1, -0.05) is 12.1 Å². The van der Waals surface area contributed by atoms with Gasteiger partial charge in [0.2, 0.25) is 0 Å². The molecule has 0 spiro atoms. The highest BCUT2D eigenvalue weighted by molar-refractivity contribution is 6.02. The van der Waals surface area contributed by atoms with Crippen LogP contribution in [0.2, 0.25) is 0 Å². The fraction of sp³-hybridized carbons (Fsp3) is 0.0667. The molecule has 1 amide bonds. The summed E-state index contributed by atoms with van der Waals surface area (Å²) in [6.45, 7) is 0.425. The minimum atomic E-state index is -0.342.